The largest absolute Gasteiger partial charge is 0.342 e. The number of rotatable bonds is 9. The van der Waals surface area contributed by atoms with E-state index in [0.29, 0.717) is 24.2 Å². The zero-order chi connectivity index (χ0) is 27.1. The van der Waals surface area contributed by atoms with Crippen LogP contribution in [0, 0.1) is 17.6 Å². The maximum Gasteiger partial charge on any atom is 0.251 e. The summed E-state index contributed by atoms with van der Waals surface area (Å²) in [7, 11) is 0. The van der Waals surface area contributed by atoms with Gasteiger partial charge in [0, 0.05) is 42.7 Å². The summed E-state index contributed by atoms with van der Waals surface area (Å²) in [5.74, 6) is -1.30. The van der Waals surface area contributed by atoms with Crippen LogP contribution < -0.4 is 10.6 Å². The molecular formula is C30H37F2N3O3. The van der Waals surface area contributed by atoms with Gasteiger partial charge in [0.15, 0.2) is 5.78 Å². The third-order valence-corrected chi connectivity index (χ3v) is 7.85. The molecule has 2 N–H and O–H groups in total. The number of piperidine rings is 1. The first kappa shape index (κ1) is 27.9. The van der Waals surface area contributed by atoms with Crippen molar-refractivity contribution in [1.29, 1.82) is 0 Å². The third kappa shape index (κ3) is 7.25. The van der Waals surface area contributed by atoms with E-state index in [4.69, 9.17) is 0 Å². The predicted molar refractivity (Wildman–Crippen MR) is 142 cm³/mol. The Morgan fingerprint density at radius 3 is 2.53 bits per heavy atom. The Kier molecular flexibility index (Phi) is 9.61. The minimum Gasteiger partial charge on any atom is -0.342 e. The number of ketones is 1. The highest BCUT2D eigenvalue weighted by atomic mass is 19.1. The van der Waals surface area contributed by atoms with E-state index in [1.54, 1.807) is 17.9 Å². The van der Waals surface area contributed by atoms with Crippen molar-refractivity contribution in [3.8, 4) is 0 Å². The number of hydrogen-bond acceptors (Lipinski definition) is 4. The van der Waals surface area contributed by atoms with E-state index in [1.807, 2.05) is 18.2 Å². The summed E-state index contributed by atoms with van der Waals surface area (Å²) in [5, 5.41) is 5.95. The first-order valence-electron chi connectivity index (χ1n) is 13.7. The Hall–Kier alpha value is -3.13. The third-order valence-electron chi connectivity index (χ3n) is 7.85. The van der Waals surface area contributed by atoms with E-state index in [0.717, 1.165) is 50.2 Å². The van der Waals surface area contributed by atoms with Gasteiger partial charge in [0.1, 0.15) is 11.6 Å². The quantitative estimate of drug-likeness (QED) is 0.496. The highest BCUT2D eigenvalue weighted by Crippen LogP contribution is 2.29. The summed E-state index contributed by atoms with van der Waals surface area (Å²) in [6.07, 6.45) is 7.04. The average Bonchev–Trinajstić information content (AvgIpc) is 2.93. The number of halogens is 2. The van der Waals surface area contributed by atoms with E-state index in [1.165, 1.54) is 18.6 Å². The van der Waals surface area contributed by atoms with Crippen molar-refractivity contribution < 1.29 is 23.2 Å². The van der Waals surface area contributed by atoms with E-state index < -0.39 is 17.7 Å². The lowest BCUT2D eigenvalue weighted by Crippen LogP contribution is -2.45. The van der Waals surface area contributed by atoms with Gasteiger partial charge in [-0.15, -0.1) is 0 Å². The molecule has 4 rings (SSSR count). The maximum atomic E-state index is 13.8. The van der Waals surface area contributed by atoms with Crippen molar-refractivity contribution >= 4 is 17.6 Å². The van der Waals surface area contributed by atoms with Crippen LogP contribution in [0.25, 0.3) is 0 Å². The molecule has 8 heteroatoms. The molecule has 0 unspecified atom stereocenters. The molecule has 38 heavy (non-hydrogen) atoms. The van der Waals surface area contributed by atoms with Crippen LogP contribution in [0.3, 0.4) is 0 Å². The molecular weight excluding hydrogens is 488 g/mol. The Labute approximate surface area is 223 Å². The molecule has 1 heterocycles. The molecule has 204 valence electrons. The Morgan fingerprint density at radius 2 is 1.79 bits per heavy atom. The molecule has 6 nitrogen and oxygen atoms in total. The molecule has 2 fully saturated rings. The van der Waals surface area contributed by atoms with Crippen LogP contribution in [-0.2, 0) is 16.1 Å². The second-order valence-corrected chi connectivity index (χ2v) is 10.6. The number of carbonyl (C=O) groups excluding carboxylic acids is 3. The van der Waals surface area contributed by atoms with E-state index in [-0.39, 0.29) is 42.5 Å². The molecule has 0 spiro atoms. The SMILES string of the molecule is CC(=O)[C@H](NC(=O)c1cccc([C@@H]2CCCN(C(=O)CNCc3ccc(F)cc3F)C2)c1)C1CCCCC1. The fraction of sp³-hybridized carbons (Fsp3) is 0.500. The molecule has 1 aliphatic carbocycles. The average molecular weight is 526 g/mol. The number of hydrogen-bond donors (Lipinski definition) is 2. The molecule has 1 saturated carbocycles. The number of carbonyl (C=O) groups is 3. The van der Waals surface area contributed by atoms with Crippen molar-refractivity contribution in [2.24, 2.45) is 5.92 Å². The lowest BCUT2D eigenvalue weighted by molar-refractivity contribution is -0.131. The molecule has 2 aromatic rings. The minimum absolute atomic E-state index is 0.00128. The van der Waals surface area contributed by atoms with Gasteiger partial charge in [-0.1, -0.05) is 37.5 Å². The van der Waals surface area contributed by atoms with Gasteiger partial charge < -0.3 is 15.5 Å². The van der Waals surface area contributed by atoms with Gasteiger partial charge in [-0.25, -0.2) is 8.78 Å². The fourth-order valence-corrected chi connectivity index (χ4v) is 5.73. The lowest BCUT2D eigenvalue weighted by atomic mass is 9.82. The van der Waals surface area contributed by atoms with Crippen molar-refractivity contribution in [2.45, 2.75) is 70.4 Å². The van der Waals surface area contributed by atoms with E-state index >= 15 is 0 Å². The predicted octanol–water partition coefficient (Wildman–Crippen LogP) is 4.73. The first-order chi connectivity index (χ1) is 18.3. The van der Waals surface area contributed by atoms with Gasteiger partial charge >= 0.3 is 0 Å². The topological polar surface area (TPSA) is 78.5 Å². The molecule has 2 aliphatic rings. The highest BCUT2D eigenvalue weighted by Gasteiger charge is 2.29. The van der Waals surface area contributed by atoms with Crippen LogP contribution in [0.4, 0.5) is 8.78 Å². The first-order valence-corrected chi connectivity index (χ1v) is 13.7. The van der Waals surface area contributed by atoms with E-state index in [9.17, 15) is 23.2 Å². The fourth-order valence-electron chi connectivity index (χ4n) is 5.73. The maximum absolute atomic E-state index is 13.8. The van der Waals surface area contributed by atoms with Gasteiger partial charge in [-0.05, 0) is 62.3 Å². The van der Waals surface area contributed by atoms with Crippen molar-refractivity contribution in [2.75, 3.05) is 19.6 Å². The summed E-state index contributed by atoms with van der Waals surface area (Å²) in [4.78, 5) is 40.0. The molecule has 2 atom stereocenters. The van der Waals surface area contributed by atoms with Crippen molar-refractivity contribution in [3.63, 3.8) is 0 Å². The Bertz CT molecular complexity index is 1150. The normalized spacial score (nSPS) is 19.1. The monoisotopic (exact) mass is 525 g/mol. The van der Waals surface area contributed by atoms with Gasteiger partial charge in [0.05, 0.1) is 12.6 Å². The standard InChI is InChI=1S/C30H37F2N3O3/c1-20(36)29(21-7-3-2-4-8-21)34-30(38)23-10-5-9-22(15-23)25-11-6-14-35(19-25)28(37)18-33-17-24-12-13-26(31)16-27(24)32/h5,9-10,12-13,15-16,21,25,29,33H,2-4,6-8,11,14,17-19H2,1H3,(H,34,38)/t25-,29+/m1/s1. The van der Waals surface area contributed by atoms with E-state index in [2.05, 4.69) is 10.6 Å². The minimum atomic E-state index is -0.639. The second-order valence-electron chi connectivity index (χ2n) is 10.6. The zero-order valence-corrected chi connectivity index (χ0v) is 22.0. The summed E-state index contributed by atoms with van der Waals surface area (Å²) < 4.78 is 26.9. The molecule has 1 aliphatic heterocycles. The molecule has 0 radical (unpaired) electrons. The number of nitrogens with zero attached hydrogens (tertiary/aromatic N) is 1. The number of nitrogens with one attached hydrogen (secondary N) is 2. The summed E-state index contributed by atoms with van der Waals surface area (Å²) in [6, 6.07) is 10.4. The van der Waals surface area contributed by atoms with Crippen molar-refractivity contribution in [1.82, 2.24) is 15.5 Å². The van der Waals surface area contributed by atoms with Gasteiger partial charge in [0.25, 0.3) is 5.91 Å². The molecule has 0 aromatic heterocycles. The lowest BCUT2D eigenvalue weighted by Gasteiger charge is -2.33. The zero-order valence-electron chi connectivity index (χ0n) is 22.0. The van der Waals surface area contributed by atoms with Gasteiger partial charge in [-0.3, -0.25) is 14.4 Å². The molecule has 0 bridgehead atoms. The molecule has 2 aromatic carbocycles. The molecule has 1 saturated heterocycles. The van der Waals surface area contributed by atoms with Crippen LogP contribution in [0.5, 0.6) is 0 Å². The Morgan fingerprint density at radius 1 is 1.00 bits per heavy atom. The second kappa shape index (κ2) is 13.1. The number of benzene rings is 2. The number of likely N-dealkylation sites (tertiary alicyclic amines) is 1. The highest BCUT2D eigenvalue weighted by molar-refractivity contribution is 5.97. The molecule has 2 amide bonds. The van der Waals surface area contributed by atoms with Crippen molar-refractivity contribution in [3.05, 3.63) is 70.8 Å². The Balaban J connectivity index is 1.34. The van der Waals surface area contributed by atoms with Crippen LogP contribution in [-0.4, -0.2) is 48.2 Å². The van der Waals surface area contributed by atoms with Crippen LogP contribution in [0.15, 0.2) is 42.5 Å². The van der Waals surface area contributed by atoms with Crippen LogP contribution >= 0.6 is 0 Å². The summed E-state index contributed by atoms with van der Waals surface area (Å²) in [6.45, 7) is 2.92. The number of amides is 2. The van der Waals surface area contributed by atoms with Gasteiger partial charge in [-0.2, -0.15) is 0 Å². The number of Topliss-reactive ketones (excluding diaryl/α,β-unsaturated/α-hetero) is 1. The van der Waals surface area contributed by atoms with Crippen LogP contribution in [0.2, 0.25) is 0 Å². The summed E-state index contributed by atoms with van der Waals surface area (Å²) in [5.41, 5.74) is 1.82. The smallest absolute Gasteiger partial charge is 0.251 e. The van der Waals surface area contributed by atoms with Crippen LogP contribution in [0.1, 0.15) is 79.3 Å². The summed E-state index contributed by atoms with van der Waals surface area (Å²) >= 11 is 0. The van der Waals surface area contributed by atoms with Gasteiger partial charge in [0.2, 0.25) is 5.91 Å².